The van der Waals surface area contributed by atoms with E-state index in [1.807, 2.05) is 0 Å². The van der Waals surface area contributed by atoms with Gasteiger partial charge in [0.2, 0.25) is 0 Å². The van der Waals surface area contributed by atoms with E-state index in [9.17, 15) is 4.79 Å². The van der Waals surface area contributed by atoms with Crippen LogP contribution in [-0.2, 0) is 0 Å². The molecule has 0 atom stereocenters. The van der Waals surface area contributed by atoms with Crippen LogP contribution in [0.3, 0.4) is 0 Å². The number of hydrogen-bond donors (Lipinski definition) is 3. The number of nitrogens with two attached hydrogens (primary N) is 1. The van der Waals surface area contributed by atoms with Crippen LogP contribution in [0.2, 0.25) is 0 Å². The highest BCUT2D eigenvalue weighted by molar-refractivity contribution is 7.80. The molecule has 20 heavy (non-hydrogen) atoms. The fraction of sp³-hybridized carbons (Fsp3) is 0.0769. The van der Waals surface area contributed by atoms with E-state index in [1.54, 1.807) is 31.4 Å². The van der Waals surface area contributed by atoms with Crippen LogP contribution < -0.4 is 26.9 Å². The van der Waals surface area contributed by atoms with Gasteiger partial charge in [-0.15, -0.1) is 0 Å². The van der Waals surface area contributed by atoms with Crippen LogP contribution in [0, 0.1) is 0 Å². The van der Waals surface area contributed by atoms with Crippen molar-refractivity contribution in [3.63, 3.8) is 0 Å². The molecule has 7 heteroatoms. The topological polar surface area (TPSA) is 89.5 Å². The minimum Gasteiger partial charge on any atom is -0.497 e. The van der Waals surface area contributed by atoms with E-state index in [4.69, 9.17) is 14.9 Å². The quantitative estimate of drug-likeness (QED) is 0.441. The summed E-state index contributed by atoms with van der Waals surface area (Å²) >= 11 is 4.65. The Balaban J connectivity index is 2.42. The fourth-order valence-corrected chi connectivity index (χ4v) is 1.69. The first kappa shape index (κ1) is 13.9. The van der Waals surface area contributed by atoms with Crippen molar-refractivity contribution < 1.29 is 9.15 Å². The first-order valence-corrected chi connectivity index (χ1v) is 6.04. The molecule has 0 spiro atoms. The zero-order valence-electron chi connectivity index (χ0n) is 10.7. The molecule has 0 aliphatic heterocycles. The predicted molar refractivity (Wildman–Crippen MR) is 81.1 cm³/mol. The van der Waals surface area contributed by atoms with Crippen LogP contribution >= 0.6 is 12.2 Å². The summed E-state index contributed by atoms with van der Waals surface area (Å²) in [5, 5.41) is 0.759. The fourth-order valence-electron chi connectivity index (χ4n) is 1.64. The second-order valence-electron chi connectivity index (χ2n) is 3.94. The Hall–Kier alpha value is -2.54. The molecule has 4 N–H and O–H groups in total. The highest BCUT2D eigenvalue weighted by Crippen LogP contribution is 2.21. The van der Waals surface area contributed by atoms with Gasteiger partial charge in [0, 0.05) is 5.39 Å². The molecule has 0 fully saturated rings. The lowest BCUT2D eigenvalue weighted by Gasteiger charge is -2.10. The Bertz CT molecular complexity index is 739. The molecule has 0 saturated carbocycles. The molecular formula is C13H13N3O3S. The van der Waals surface area contributed by atoms with Crippen LogP contribution in [-0.4, -0.2) is 12.2 Å². The third-order valence-corrected chi connectivity index (χ3v) is 2.70. The summed E-state index contributed by atoms with van der Waals surface area (Å²) in [5.41, 5.74) is 10.9. The van der Waals surface area contributed by atoms with E-state index in [2.05, 4.69) is 29.6 Å². The predicted octanol–water partition coefficient (Wildman–Crippen LogP) is 1.11. The number of rotatable bonds is 4. The molecule has 1 aromatic heterocycles. The third-order valence-electron chi connectivity index (χ3n) is 2.60. The first-order valence-electron chi connectivity index (χ1n) is 5.64. The molecule has 0 aliphatic carbocycles. The molecule has 6 nitrogen and oxygen atoms in total. The second-order valence-corrected chi connectivity index (χ2v) is 4.38. The van der Waals surface area contributed by atoms with Gasteiger partial charge in [0.25, 0.3) is 0 Å². The Kier molecular flexibility index (Phi) is 3.90. The molecule has 2 rings (SSSR count). The van der Waals surface area contributed by atoms with Gasteiger partial charge in [0.15, 0.2) is 5.11 Å². The number of nitrogens with one attached hydrogen (secondary N) is 2. The lowest BCUT2D eigenvalue weighted by atomic mass is 10.1. The van der Waals surface area contributed by atoms with Crippen LogP contribution in [0.25, 0.3) is 16.7 Å². The van der Waals surface area contributed by atoms with Crippen molar-refractivity contribution in [2.24, 2.45) is 5.73 Å². The minimum atomic E-state index is -0.509. The van der Waals surface area contributed by atoms with E-state index in [1.165, 1.54) is 0 Å². The Morgan fingerprint density at radius 2 is 2.15 bits per heavy atom. The van der Waals surface area contributed by atoms with Crippen LogP contribution in [0.1, 0.15) is 5.56 Å². The maximum Gasteiger partial charge on any atom is 0.345 e. The highest BCUT2D eigenvalue weighted by Gasteiger charge is 2.09. The van der Waals surface area contributed by atoms with Crippen LogP contribution in [0.15, 0.2) is 40.1 Å². The van der Waals surface area contributed by atoms with Crippen LogP contribution in [0.4, 0.5) is 0 Å². The average Bonchev–Trinajstić information content (AvgIpc) is 2.43. The summed E-state index contributed by atoms with van der Waals surface area (Å²) in [7, 11) is 1.56. The number of ether oxygens (including phenoxy) is 1. The molecule has 0 amide bonds. The van der Waals surface area contributed by atoms with Gasteiger partial charge in [0.1, 0.15) is 11.3 Å². The Morgan fingerprint density at radius 3 is 2.80 bits per heavy atom. The largest absolute Gasteiger partial charge is 0.497 e. The van der Waals surface area contributed by atoms with E-state index < -0.39 is 5.63 Å². The number of thiocarbonyl (C=S) groups is 1. The molecule has 0 aliphatic rings. The summed E-state index contributed by atoms with van der Waals surface area (Å²) < 4.78 is 10.3. The molecule has 2 aromatic rings. The van der Waals surface area contributed by atoms with Crippen molar-refractivity contribution >= 4 is 34.0 Å². The summed E-state index contributed by atoms with van der Waals surface area (Å²) in [6.07, 6.45) is 0. The molecule has 0 saturated heterocycles. The summed E-state index contributed by atoms with van der Waals surface area (Å²) in [5.74, 6) is 0.664. The van der Waals surface area contributed by atoms with Crippen molar-refractivity contribution in [2.45, 2.75) is 0 Å². The van der Waals surface area contributed by atoms with Crippen molar-refractivity contribution in [1.82, 2.24) is 10.9 Å². The van der Waals surface area contributed by atoms with Crippen molar-refractivity contribution in [1.29, 1.82) is 0 Å². The zero-order valence-corrected chi connectivity index (χ0v) is 11.5. The van der Waals surface area contributed by atoms with E-state index >= 15 is 0 Å². The van der Waals surface area contributed by atoms with Gasteiger partial charge in [-0.25, -0.2) is 4.79 Å². The Labute approximate surface area is 120 Å². The molecule has 0 bridgehead atoms. The SMILES string of the molecule is C=C(NNC(N)=S)c1cc2cc(OC)ccc2oc1=O. The summed E-state index contributed by atoms with van der Waals surface area (Å²) in [6, 6.07) is 6.80. The van der Waals surface area contributed by atoms with Gasteiger partial charge in [-0.2, -0.15) is 0 Å². The summed E-state index contributed by atoms with van der Waals surface area (Å²) in [6.45, 7) is 3.73. The maximum absolute atomic E-state index is 11.9. The lowest BCUT2D eigenvalue weighted by molar-refractivity contribution is 0.415. The maximum atomic E-state index is 11.9. The van der Waals surface area contributed by atoms with Gasteiger partial charge < -0.3 is 14.9 Å². The second kappa shape index (κ2) is 5.62. The standard InChI is InChI=1S/C13H13N3O3S/c1-7(15-16-13(14)20)10-6-8-5-9(18-2)3-4-11(8)19-12(10)17/h3-6,15H,1H2,2H3,(H3,14,16,20). The van der Waals surface area contributed by atoms with Crippen molar-refractivity contribution in [3.8, 4) is 5.75 Å². The molecule has 0 unspecified atom stereocenters. The van der Waals surface area contributed by atoms with E-state index in [-0.39, 0.29) is 10.7 Å². The van der Waals surface area contributed by atoms with Crippen molar-refractivity contribution in [3.05, 3.63) is 46.8 Å². The highest BCUT2D eigenvalue weighted by atomic mass is 32.1. The zero-order chi connectivity index (χ0) is 14.7. The Morgan fingerprint density at radius 1 is 1.40 bits per heavy atom. The summed E-state index contributed by atoms with van der Waals surface area (Å²) in [4.78, 5) is 11.9. The van der Waals surface area contributed by atoms with Crippen LogP contribution in [0.5, 0.6) is 5.75 Å². The number of fused-ring (bicyclic) bond motifs is 1. The number of hydrazine groups is 1. The molecule has 0 radical (unpaired) electrons. The third kappa shape index (κ3) is 2.89. The van der Waals surface area contributed by atoms with Crippen molar-refractivity contribution in [2.75, 3.05) is 7.11 Å². The van der Waals surface area contributed by atoms with Gasteiger partial charge in [-0.05, 0) is 36.5 Å². The monoisotopic (exact) mass is 291 g/mol. The van der Waals surface area contributed by atoms with E-state index in [0.717, 1.165) is 5.39 Å². The lowest BCUT2D eigenvalue weighted by Crippen LogP contribution is -2.40. The first-order chi connectivity index (χ1) is 9.51. The van der Waals surface area contributed by atoms with Gasteiger partial charge >= 0.3 is 5.63 Å². The number of methoxy groups -OCH3 is 1. The molecule has 104 valence electrons. The number of hydrogen-bond acceptors (Lipinski definition) is 5. The smallest absolute Gasteiger partial charge is 0.345 e. The normalized spacial score (nSPS) is 10.1. The average molecular weight is 291 g/mol. The molecule has 1 aromatic carbocycles. The molecule has 1 heterocycles. The number of benzene rings is 1. The van der Waals surface area contributed by atoms with Gasteiger partial charge in [-0.1, -0.05) is 6.58 Å². The minimum absolute atomic E-state index is 0.0398. The van der Waals surface area contributed by atoms with E-state index in [0.29, 0.717) is 17.0 Å². The van der Waals surface area contributed by atoms with Gasteiger partial charge in [0.05, 0.1) is 18.4 Å². The molecular weight excluding hydrogens is 278 g/mol. The van der Waals surface area contributed by atoms with Gasteiger partial charge in [-0.3, -0.25) is 10.9 Å².